The van der Waals surface area contributed by atoms with Gasteiger partial charge in [-0.05, 0) is 35.7 Å². The number of thiophene rings is 2. The fraction of sp³-hybridized carbons (Fsp3) is 0.375. The Kier molecular flexibility index (Phi) is 13.8. The van der Waals surface area contributed by atoms with E-state index in [1.807, 2.05) is 35.0 Å². The van der Waals surface area contributed by atoms with Crippen LogP contribution in [0.3, 0.4) is 0 Å². The molecular weight excluding hydrogens is 352 g/mol. The van der Waals surface area contributed by atoms with E-state index in [-0.39, 0.29) is 26.1 Å². The van der Waals surface area contributed by atoms with Gasteiger partial charge in [0.1, 0.15) is 0 Å². The largest absolute Gasteiger partial charge is 0.481 e. The molecule has 0 atom stereocenters. The van der Waals surface area contributed by atoms with Gasteiger partial charge in [0, 0.05) is 23.0 Å². The number of aliphatic hydroxyl groups is 2. The fourth-order valence-electron chi connectivity index (χ4n) is 1.35. The molecule has 2 aromatic heterocycles. The Morgan fingerprint density at radius 2 is 1.17 bits per heavy atom. The average molecular weight is 374 g/mol. The van der Waals surface area contributed by atoms with Gasteiger partial charge in [0.2, 0.25) is 0 Å². The minimum atomic E-state index is -0.766. The Balaban J connectivity index is 0.000000340. The number of carbonyl (C=O) groups is 2. The molecule has 0 aliphatic carbocycles. The summed E-state index contributed by atoms with van der Waals surface area (Å²) in [4.78, 5) is 22.0. The second kappa shape index (κ2) is 14.8. The Hall–Kier alpha value is -1.74. The van der Waals surface area contributed by atoms with Crippen LogP contribution in [0.5, 0.6) is 0 Å². The predicted molar refractivity (Wildman–Crippen MR) is 94.7 cm³/mol. The van der Waals surface area contributed by atoms with Crippen LogP contribution >= 0.6 is 22.7 Å². The summed E-state index contributed by atoms with van der Waals surface area (Å²) in [6, 6.07) is 7.34. The molecule has 2 heterocycles. The van der Waals surface area contributed by atoms with Gasteiger partial charge in [-0.15, -0.1) is 22.7 Å². The van der Waals surface area contributed by atoms with Crippen LogP contribution in [0.2, 0.25) is 0 Å². The summed E-state index contributed by atoms with van der Waals surface area (Å²) in [5.41, 5.74) is 0. The third-order valence-electron chi connectivity index (χ3n) is 2.38. The monoisotopic (exact) mass is 374 g/mol. The van der Waals surface area contributed by atoms with Crippen molar-refractivity contribution in [2.75, 3.05) is 13.2 Å². The first-order valence-corrected chi connectivity index (χ1v) is 8.95. The van der Waals surface area contributed by atoms with Gasteiger partial charge in [-0.2, -0.15) is 0 Å². The van der Waals surface area contributed by atoms with E-state index >= 15 is 0 Å². The molecule has 0 bridgehead atoms. The molecule has 0 saturated heterocycles. The summed E-state index contributed by atoms with van der Waals surface area (Å²) in [7, 11) is 0. The SMILES string of the molecule is O=C(O)Cc1cccs1.O=C(O)Cc1cccs1.OCCCCO. The van der Waals surface area contributed by atoms with E-state index in [1.54, 1.807) is 0 Å². The van der Waals surface area contributed by atoms with Crippen LogP contribution in [0.25, 0.3) is 0 Å². The molecule has 0 unspecified atom stereocenters. The molecule has 2 aromatic rings. The number of hydrogen-bond donors (Lipinski definition) is 4. The number of aliphatic hydroxyl groups excluding tert-OH is 2. The first kappa shape index (κ1) is 22.3. The molecular formula is C16H22O6S2. The Bertz CT molecular complexity index is 487. The van der Waals surface area contributed by atoms with Crippen LogP contribution in [0.4, 0.5) is 0 Å². The van der Waals surface area contributed by atoms with Crippen molar-refractivity contribution in [3.05, 3.63) is 44.8 Å². The van der Waals surface area contributed by atoms with Crippen LogP contribution < -0.4 is 0 Å². The smallest absolute Gasteiger partial charge is 0.308 e. The van der Waals surface area contributed by atoms with Gasteiger partial charge in [0.15, 0.2) is 0 Å². The molecule has 4 N–H and O–H groups in total. The second-order valence-electron chi connectivity index (χ2n) is 4.45. The van der Waals surface area contributed by atoms with E-state index < -0.39 is 11.9 Å². The highest BCUT2D eigenvalue weighted by atomic mass is 32.1. The lowest BCUT2D eigenvalue weighted by Gasteiger charge is -1.85. The van der Waals surface area contributed by atoms with Gasteiger partial charge < -0.3 is 20.4 Å². The molecule has 0 saturated carbocycles. The van der Waals surface area contributed by atoms with E-state index in [0.717, 1.165) is 22.6 Å². The first-order chi connectivity index (χ1) is 11.5. The summed E-state index contributed by atoms with van der Waals surface area (Å²) in [6.07, 6.45) is 1.74. The lowest BCUT2D eigenvalue weighted by atomic mass is 10.3. The van der Waals surface area contributed by atoms with Crippen LogP contribution in [0.1, 0.15) is 22.6 Å². The van der Waals surface area contributed by atoms with Crippen molar-refractivity contribution in [1.82, 2.24) is 0 Å². The van der Waals surface area contributed by atoms with Crippen LogP contribution in [0.15, 0.2) is 35.0 Å². The molecule has 2 rings (SSSR count). The summed E-state index contributed by atoms with van der Waals surface area (Å²) in [5.74, 6) is -1.53. The summed E-state index contributed by atoms with van der Waals surface area (Å²) in [5, 5.41) is 36.5. The normalized spacial score (nSPS) is 9.25. The van der Waals surface area contributed by atoms with E-state index in [0.29, 0.717) is 0 Å². The minimum absolute atomic E-state index is 0.150. The van der Waals surface area contributed by atoms with Crippen molar-refractivity contribution in [3.63, 3.8) is 0 Å². The summed E-state index contributed by atoms with van der Waals surface area (Å²) < 4.78 is 0. The van der Waals surface area contributed by atoms with Crippen molar-refractivity contribution < 1.29 is 30.0 Å². The molecule has 0 radical (unpaired) electrons. The van der Waals surface area contributed by atoms with Crippen molar-refractivity contribution in [2.24, 2.45) is 0 Å². The van der Waals surface area contributed by atoms with Gasteiger partial charge in [-0.1, -0.05) is 12.1 Å². The zero-order chi connectivity index (χ0) is 18.2. The number of rotatable bonds is 7. The zero-order valence-electron chi connectivity index (χ0n) is 13.1. The molecule has 0 amide bonds. The molecule has 0 fully saturated rings. The van der Waals surface area contributed by atoms with Crippen LogP contribution in [-0.2, 0) is 22.4 Å². The van der Waals surface area contributed by atoms with Crippen LogP contribution in [-0.4, -0.2) is 45.6 Å². The first-order valence-electron chi connectivity index (χ1n) is 7.19. The van der Waals surface area contributed by atoms with Gasteiger partial charge in [0.05, 0.1) is 12.8 Å². The minimum Gasteiger partial charge on any atom is -0.481 e. The average Bonchev–Trinajstić information content (AvgIpc) is 3.19. The van der Waals surface area contributed by atoms with Gasteiger partial charge >= 0.3 is 11.9 Å². The van der Waals surface area contributed by atoms with E-state index in [9.17, 15) is 9.59 Å². The Morgan fingerprint density at radius 3 is 1.38 bits per heavy atom. The molecule has 0 aliphatic heterocycles. The van der Waals surface area contributed by atoms with E-state index in [2.05, 4.69) is 0 Å². The lowest BCUT2D eigenvalue weighted by Crippen LogP contribution is -1.96. The highest BCUT2D eigenvalue weighted by Crippen LogP contribution is 2.08. The quantitative estimate of drug-likeness (QED) is 0.554. The molecule has 0 spiro atoms. The maximum atomic E-state index is 10.1. The number of unbranched alkanes of at least 4 members (excludes halogenated alkanes) is 1. The van der Waals surface area contributed by atoms with E-state index in [4.69, 9.17) is 20.4 Å². The van der Waals surface area contributed by atoms with Crippen molar-refractivity contribution in [2.45, 2.75) is 25.7 Å². The predicted octanol–water partition coefficient (Wildman–Crippen LogP) is 2.50. The Labute approximate surface area is 148 Å². The molecule has 24 heavy (non-hydrogen) atoms. The fourth-order valence-corrected chi connectivity index (χ4v) is 2.74. The highest BCUT2D eigenvalue weighted by Gasteiger charge is 1.99. The van der Waals surface area contributed by atoms with Crippen LogP contribution in [0, 0.1) is 0 Å². The number of aliphatic carboxylic acids is 2. The van der Waals surface area contributed by atoms with Gasteiger partial charge in [0.25, 0.3) is 0 Å². The molecule has 0 aromatic carbocycles. The standard InChI is InChI=1S/2C6H6O2S.C4H10O2/c2*7-6(8)4-5-2-1-3-9-5;5-3-1-2-4-6/h2*1-3H,4H2,(H,7,8);5-6H,1-4H2. The number of carboxylic acid groups (broad SMARTS) is 2. The molecule has 134 valence electrons. The van der Waals surface area contributed by atoms with Crippen molar-refractivity contribution in [1.29, 1.82) is 0 Å². The Morgan fingerprint density at radius 1 is 0.792 bits per heavy atom. The third-order valence-corrected chi connectivity index (χ3v) is 4.13. The van der Waals surface area contributed by atoms with Gasteiger partial charge in [-0.3, -0.25) is 9.59 Å². The molecule has 0 aliphatic rings. The zero-order valence-corrected chi connectivity index (χ0v) is 14.8. The highest BCUT2D eigenvalue weighted by molar-refractivity contribution is 7.10. The third kappa shape index (κ3) is 13.9. The topological polar surface area (TPSA) is 115 Å². The second-order valence-corrected chi connectivity index (χ2v) is 6.52. The molecule has 6 nitrogen and oxygen atoms in total. The van der Waals surface area contributed by atoms with Crippen molar-refractivity contribution in [3.8, 4) is 0 Å². The lowest BCUT2D eigenvalue weighted by molar-refractivity contribution is -0.137. The number of carboxylic acids is 2. The van der Waals surface area contributed by atoms with Crippen molar-refractivity contribution >= 4 is 34.6 Å². The molecule has 8 heteroatoms. The maximum Gasteiger partial charge on any atom is 0.308 e. The van der Waals surface area contributed by atoms with E-state index in [1.165, 1.54) is 22.7 Å². The summed E-state index contributed by atoms with van der Waals surface area (Å²) in [6.45, 7) is 0.390. The van der Waals surface area contributed by atoms with Gasteiger partial charge in [-0.25, -0.2) is 0 Å². The maximum absolute atomic E-state index is 10.1. The summed E-state index contributed by atoms with van der Waals surface area (Å²) >= 11 is 2.94. The number of hydrogen-bond acceptors (Lipinski definition) is 6.